The molecule has 2 nitrogen and oxygen atoms in total. The van der Waals surface area contributed by atoms with Crippen LogP contribution >= 0.6 is 0 Å². The van der Waals surface area contributed by atoms with Gasteiger partial charge in [0.15, 0.2) is 0 Å². The lowest BCUT2D eigenvalue weighted by molar-refractivity contribution is 0.181. The van der Waals surface area contributed by atoms with Crippen LogP contribution in [0.3, 0.4) is 0 Å². The zero-order chi connectivity index (χ0) is 8.10. The quantitative estimate of drug-likeness (QED) is 0.647. The van der Waals surface area contributed by atoms with Crippen molar-refractivity contribution in [3.8, 4) is 0 Å². The lowest BCUT2D eigenvalue weighted by atomic mass is 9.95. The standard InChI is InChI=1S/C9H19NO/c1-8(11)7-10-9-5-3-2-4-6-9/h8-11H,2-7H2,1H3. The van der Waals surface area contributed by atoms with Crippen molar-refractivity contribution in [1.29, 1.82) is 0 Å². The highest BCUT2D eigenvalue weighted by Gasteiger charge is 2.12. The molecule has 0 heterocycles. The third-order valence-corrected chi connectivity index (χ3v) is 2.31. The molecule has 2 heteroatoms. The molecule has 0 bridgehead atoms. The average molecular weight is 157 g/mol. The van der Waals surface area contributed by atoms with E-state index < -0.39 is 0 Å². The van der Waals surface area contributed by atoms with Gasteiger partial charge in [0, 0.05) is 12.6 Å². The second-order valence-corrected chi connectivity index (χ2v) is 3.59. The van der Waals surface area contributed by atoms with Crippen molar-refractivity contribution >= 4 is 0 Å². The number of hydrogen-bond acceptors (Lipinski definition) is 2. The Balaban J connectivity index is 2.05. The maximum absolute atomic E-state index is 9.02. The third-order valence-electron chi connectivity index (χ3n) is 2.31. The molecule has 0 amide bonds. The maximum atomic E-state index is 9.02. The van der Waals surface area contributed by atoms with Gasteiger partial charge in [-0.2, -0.15) is 0 Å². The summed E-state index contributed by atoms with van der Waals surface area (Å²) in [5.74, 6) is 0. The van der Waals surface area contributed by atoms with Crippen molar-refractivity contribution < 1.29 is 5.11 Å². The van der Waals surface area contributed by atoms with Gasteiger partial charge >= 0.3 is 0 Å². The van der Waals surface area contributed by atoms with E-state index in [4.69, 9.17) is 5.11 Å². The van der Waals surface area contributed by atoms with Gasteiger partial charge in [0.1, 0.15) is 0 Å². The summed E-state index contributed by atoms with van der Waals surface area (Å²) < 4.78 is 0. The van der Waals surface area contributed by atoms with E-state index in [1.54, 1.807) is 0 Å². The molecule has 0 radical (unpaired) electrons. The van der Waals surface area contributed by atoms with Crippen LogP contribution < -0.4 is 5.32 Å². The van der Waals surface area contributed by atoms with Crippen molar-refractivity contribution in [2.75, 3.05) is 6.54 Å². The largest absolute Gasteiger partial charge is 0.392 e. The molecule has 0 aliphatic heterocycles. The van der Waals surface area contributed by atoms with Crippen molar-refractivity contribution in [2.24, 2.45) is 0 Å². The molecule has 0 aromatic heterocycles. The zero-order valence-corrected chi connectivity index (χ0v) is 7.34. The smallest absolute Gasteiger partial charge is 0.0636 e. The molecule has 1 unspecified atom stereocenters. The molecule has 1 aliphatic rings. The molecule has 66 valence electrons. The number of aliphatic hydroxyl groups is 1. The van der Waals surface area contributed by atoms with Crippen molar-refractivity contribution in [3.63, 3.8) is 0 Å². The number of nitrogens with one attached hydrogen (secondary N) is 1. The summed E-state index contributed by atoms with van der Waals surface area (Å²) in [6, 6.07) is 0.679. The summed E-state index contributed by atoms with van der Waals surface area (Å²) in [5.41, 5.74) is 0. The van der Waals surface area contributed by atoms with E-state index >= 15 is 0 Å². The normalized spacial score (nSPS) is 23.5. The second-order valence-electron chi connectivity index (χ2n) is 3.59. The molecule has 2 N–H and O–H groups in total. The first kappa shape index (κ1) is 9.01. The zero-order valence-electron chi connectivity index (χ0n) is 7.34. The Morgan fingerprint density at radius 1 is 1.36 bits per heavy atom. The summed E-state index contributed by atoms with van der Waals surface area (Å²) in [6.45, 7) is 2.58. The molecule has 11 heavy (non-hydrogen) atoms. The van der Waals surface area contributed by atoms with Crippen LogP contribution in [0.2, 0.25) is 0 Å². The maximum Gasteiger partial charge on any atom is 0.0636 e. The van der Waals surface area contributed by atoms with Crippen LogP contribution in [0.1, 0.15) is 39.0 Å². The Labute approximate surface area is 69.0 Å². The molecule has 0 aromatic carbocycles. The molecule has 1 atom stereocenters. The van der Waals surface area contributed by atoms with Gasteiger partial charge < -0.3 is 10.4 Å². The fourth-order valence-electron chi connectivity index (χ4n) is 1.64. The van der Waals surface area contributed by atoms with Crippen molar-refractivity contribution in [2.45, 2.75) is 51.2 Å². The highest BCUT2D eigenvalue weighted by atomic mass is 16.3. The van der Waals surface area contributed by atoms with E-state index in [0.29, 0.717) is 6.04 Å². The van der Waals surface area contributed by atoms with E-state index in [-0.39, 0.29) is 6.10 Å². The lowest BCUT2D eigenvalue weighted by Crippen LogP contribution is -2.35. The molecular formula is C9H19NO. The topological polar surface area (TPSA) is 32.3 Å². The van der Waals surface area contributed by atoms with Crippen LogP contribution in [0, 0.1) is 0 Å². The van der Waals surface area contributed by atoms with Crippen LogP contribution in [0.15, 0.2) is 0 Å². The fraction of sp³-hybridized carbons (Fsp3) is 1.00. The first-order valence-electron chi connectivity index (χ1n) is 4.70. The number of hydrogen-bond donors (Lipinski definition) is 2. The first-order chi connectivity index (χ1) is 5.29. The summed E-state index contributed by atoms with van der Waals surface area (Å²) in [7, 11) is 0. The molecule has 1 saturated carbocycles. The van der Waals surface area contributed by atoms with Crippen molar-refractivity contribution in [3.05, 3.63) is 0 Å². The van der Waals surface area contributed by atoms with E-state index in [1.165, 1.54) is 32.1 Å². The molecule has 0 spiro atoms. The van der Waals surface area contributed by atoms with Crippen LogP contribution in [0.4, 0.5) is 0 Å². The third kappa shape index (κ3) is 3.73. The number of rotatable bonds is 3. The van der Waals surface area contributed by atoms with Gasteiger partial charge in [0.25, 0.3) is 0 Å². The Kier molecular flexibility index (Phi) is 3.87. The molecule has 1 aliphatic carbocycles. The minimum absolute atomic E-state index is 0.197. The van der Waals surface area contributed by atoms with E-state index in [0.717, 1.165) is 6.54 Å². The van der Waals surface area contributed by atoms with Gasteiger partial charge in [-0.25, -0.2) is 0 Å². The van der Waals surface area contributed by atoms with Gasteiger partial charge in [-0.15, -0.1) is 0 Å². The van der Waals surface area contributed by atoms with Gasteiger partial charge in [-0.3, -0.25) is 0 Å². The van der Waals surface area contributed by atoms with Crippen LogP contribution in [0.5, 0.6) is 0 Å². The number of aliphatic hydroxyl groups excluding tert-OH is 1. The second kappa shape index (κ2) is 4.73. The van der Waals surface area contributed by atoms with Gasteiger partial charge in [0.05, 0.1) is 6.10 Å². The Morgan fingerprint density at radius 3 is 2.55 bits per heavy atom. The summed E-state index contributed by atoms with van der Waals surface area (Å²) in [4.78, 5) is 0. The highest BCUT2D eigenvalue weighted by Crippen LogP contribution is 2.16. The highest BCUT2D eigenvalue weighted by molar-refractivity contribution is 4.72. The summed E-state index contributed by atoms with van der Waals surface area (Å²) in [6.07, 6.45) is 6.51. The first-order valence-corrected chi connectivity index (χ1v) is 4.70. The Bertz CT molecular complexity index is 97.7. The Hall–Kier alpha value is -0.0800. The van der Waals surface area contributed by atoms with Crippen LogP contribution in [-0.2, 0) is 0 Å². The van der Waals surface area contributed by atoms with Gasteiger partial charge in [-0.1, -0.05) is 19.3 Å². The SMILES string of the molecule is CC(O)CNC1CCCCC1. The average Bonchev–Trinajstić information content (AvgIpc) is 2.03. The van der Waals surface area contributed by atoms with Gasteiger partial charge in [0.2, 0.25) is 0 Å². The predicted molar refractivity (Wildman–Crippen MR) is 46.6 cm³/mol. The molecular weight excluding hydrogens is 138 g/mol. The predicted octanol–water partition coefficient (Wildman–Crippen LogP) is 1.29. The molecule has 0 aromatic rings. The Morgan fingerprint density at radius 2 is 2.00 bits per heavy atom. The van der Waals surface area contributed by atoms with Crippen molar-refractivity contribution in [1.82, 2.24) is 5.32 Å². The van der Waals surface area contributed by atoms with Gasteiger partial charge in [-0.05, 0) is 19.8 Å². The van der Waals surface area contributed by atoms with E-state index in [2.05, 4.69) is 5.32 Å². The minimum atomic E-state index is -0.197. The molecule has 1 rings (SSSR count). The fourth-order valence-corrected chi connectivity index (χ4v) is 1.64. The van der Waals surface area contributed by atoms with Crippen LogP contribution in [0.25, 0.3) is 0 Å². The van der Waals surface area contributed by atoms with Crippen LogP contribution in [-0.4, -0.2) is 23.8 Å². The summed E-state index contributed by atoms with van der Waals surface area (Å²) in [5, 5.41) is 12.4. The van der Waals surface area contributed by atoms with E-state index in [9.17, 15) is 0 Å². The molecule has 1 fully saturated rings. The summed E-state index contributed by atoms with van der Waals surface area (Å²) >= 11 is 0. The monoisotopic (exact) mass is 157 g/mol. The van der Waals surface area contributed by atoms with E-state index in [1.807, 2.05) is 6.92 Å². The minimum Gasteiger partial charge on any atom is -0.392 e. The lowest BCUT2D eigenvalue weighted by Gasteiger charge is -2.23. The molecule has 0 saturated heterocycles.